The van der Waals surface area contributed by atoms with Crippen LogP contribution in [0, 0.1) is 5.92 Å². The van der Waals surface area contributed by atoms with Crippen LogP contribution >= 0.6 is 23.2 Å². The van der Waals surface area contributed by atoms with E-state index in [1.165, 1.54) is 0 Å². The largest absolute Gasteiger partial charge is 0.355 e. The third-order valence-electron chi connectivity index (χ3n) is 5.10. The second kappa shape index (κ2) is 8.80. The fourth-order valence-electron chi connectivity index (χ4n) is 3.45. The average Bonchev–Trinajstić information content (AvgIpc) is 2.77. The molecule has 0 unspecified atom stereocenters. The van der Waals surface area contributed by atoms with Gasteiger partial charge in [-0.05, 0) is 43.2 Å². The topological polar surface area (TPSA) is 58.1 Å². The monoisotopic (exact) mass is 426 g/mol. The number of carbonyl (C=O) groups is 1. The molecule has 0 radical (unpaired) electrons. The molecule has 5 nitrogen and oxygen atoms in total. The number of nitrogens with one attached hydrogen (secondary N) is 1. The molecule has 1 amide bonds. The number of piperidine rings is 1. The van der Waals surface area contributed by atoms with Gasteiger partial charge in [0.15, 0.2) is 5.82 Å². The van der Waals surface area contributed by atoms with Gasteiger partial charge in [-0.3, -0.25) is 4.79 Å². The van der Waals surface area contributed by atoms with Crippen LogP contribution < -0.4 is 10.2 Å². The maximum absolute atomic E-state index is 12.6. The van der Waals surface area contributed by atoms with Gasteiger partial charge in [-0.1, -0.05) is 53.5 Å². The highest BCUT2D eigenvalue weighted by Crippen LogP contribution is 2.27. The molecule has 0 spiro atoms. The fourth-order valence-corrected chi connectivity index (χ4v) is 3.74. The van der Waals surface area contributed by atoms with Crippen molar-refractivity contribution in [1.82, 2.24) is 10.2 Å². The molecule has 7 heteroatoms. The lowest BCUT2D eigenvalue weighted by molar-refractivity contribution is -0.120. The summed E-state index contributed by atoms with van der Waals surface area (Å²) in [6.07, 6.45) is 1.52. The van der Waals surface area contributed by atoms with Crippen LogP contribution in [0.15, 0.2) is 60.7 Å². The molecule has 3 aromatic rings. The van der Waals surface area contributed by atoms with E-state index in [4.69, 9.17) is 23.2 Å². The van der Waals surface area contributed by atoms with E-state index in [1.807, 2.05) is 42.5 Å². The zero-order valence-electron chi connectivity index (χ0n) is 15.7. The van der Waals surface area contributed by atoms with Crippen LogP contribution in [-0.4, -0.2) is 29.2 Å². The van der Waals surface area contributed by atoms with Crippen molar-refractivity contribution in [3.05, 3.63) is 70.7 Å². The van der Waals surface area contributed by atoms with Crippen LogP contribution in [0.3, 0.4) is 0 Å². The Bertz CT molecular complexity index is 987. The first-order valence-electron chi connectivity index (χ1n) is 9.50. The van der Waals surface area contributed by atoms with Crippen molar-refractivity contribution in [2.75, 3.05) is 23.3 Å². The fraction of sp³-hybridized carbons (Fsp3) is 0.227. The van der Waals surface area contributed by atoms with E-state index >= 15 is 0 Å². The Balaban J connectivity index is 1.34. The number of anilines is 2. The molecule has 0 atom stereocenters. The summed E-state index contributed by atoms with van der Waals surface area (Å²) in [5.74, 6) is 0.804. The van der Waals surface area contributed by atoms with Crippen LogP contribution in [0.4, 0.5) is 11.5 Å². The van der Waals surface area contributed by atoms with Gasteiger partial charge in [0.25, 0.3) is 0 Å². The van der Waals surface area contributed by atoms with Gasteiger partial charge in [0.05, 0.1) is 15.7 Å². The minimum atomic E-state index is -0.0442. The number of hydrogen-bond acceptors (Lipinski definition) is 4. The van der Waals surface area contributed by atoms with Crippen LogP contribution in [0.25, 0.3) is 11.3 Å². The third-order valence-corrected chi connectivity index (χ3v) is 5.84. The summed E-state index contributed by atoms with van der Waals surface area (Å²) in [5, 5.41) is 12.6. The summed E-state index contributed by atoms with van der Waals surface area (Å²) in [5.41, 5.74) is 2.56. The number of carbonyl (C=O) groups excluding carboxylic acids is 1. The Kier molecular flexibility index (Phi) is 5.97. The van der Waals surface area contributed by atoms with Gasteiger partial charge in [-0.15, -0.1) is 10.2 Å². The van der Waals surface area contributed by atoms with Gasteiger partial charge in [0.1, 0.15) is 0 Å². The summed E-state index contributed by atoms with van der Waals surface area (Å²) in [7, 11) is 0. The Morgan fingerprint density at radius 3 is 2.34 bits per heavy atom. The molecular formula is C22H20Cl2N4O. The predicted molar refractivity (Wildman–Crippen MR) is 117 cm³/mol. The quantitative estimate of drug-likeness (QED) is 0.614. The molecule has 1 fully saturated rings. The van der Waals surface area contributed by atoms with Crippen LogP contribution in [-0.2, 0) is 4.79 Å². The lowest BCUT2D eigenvalue weighted by Crippen LogP contribution is -2.38. The summed E-state index contributed by atoms with van der Waals surface area (Å²) in [6.45, 7) is 1.53. The minimum Gasteiger partial charge on any atom is -0.355 e. The maximum Gasteiger partial charge on any atom is 0.227 e. The molecule has 4 rings (SSSR count). The molecule has 29 heavy (non-hydrogen) atoms. The highest BCUT2D eigenvalue weighted by Gasteiger charge is 2.26. The number of rotatable bonds is 4. The standard InChI is InChI=1S/C22H20Cl2N4O/c23-18-7-6-17(14-19(18)24)25-22(29)16-10-12-28(13-11-16)21-9-8-20(26-27-21)15-4-2-1-3-5-15/h1-9,14,16H,10-13H2,(H,25,29). The second-order valence-corrected chi connectivity index (χ2v) is 7.84. The molecule has 0 aliphatic carbocycles. The van der Waals surface area contributed by atoms with Gasteiger partial charge in [-0.2, -0.15) is 0 Å². The highest BCUT2D eigenvalue weighted by atomic mass is 35.5. The van der Waals surface area contributed by atoms with E-state index < -0.39 is 0 Å². The zero-order chi connectivity index (χ0) is 20.2. The van der Waals surface area contributed by atoms with Gasteiger partial charge >= 0.3 is 0 Å². The van der Waals surface area contributed by atoms with Crippen LogP contribution in [0.5, 0.6) is 0 Å². The van der Waals surface area contributed by atoms with Crippen molar-refractivity contribution in [2.24, 2.45) is 5.92 Å². The van der Waals surface area contributed by atoms with Gasteiger partial charge in [0.2, 0.25) is 5.91 Å². The molecular weight excluding hydrogens is 407 g/mol. The maximum atomic E-state index is 12.6. The number of benzene rings is 2. The summed E-state index contributed by atoms with van der Waals surface area (Å²) in [6, 6.07) is 19.1. The normalized spacial score (nSPS) is 14.6. The molecule has 1 aromatic heterocycles. The molecule has 148 valence electrons. The lowest BCUT2D eigenvalue weighted by Gasteiger charge is -2.31. The van der Waals surface area contributed by atoms with Crippen LogP contribution in [0.1, 0.15) is 12.8 Å². The van der Waals surface area contributed by atoms with E-state index in [9.17, 15) is 4.79 Å². The first-order chi connectivity index (χ1) is 14.1. The van der Waals surface area contributed by atoms with Crippen molar-refractivity contribution < 1.29 is 4.79 Å². The second-order valence-electron chi connectivity index (χ2n) is 7.02. The van der Waals surface area contributed by atoms with Gasteiger partial charge in [0, 0.05) is 30.3 Å². The Morgan fingerprint density at radius 1 is 0.931 bits per heavy atom. The van der Waals surface area contributed by atoms with E-state index in [0.717, 1.165) is 43.0 Å². The predicted octanol–water partition coefficient (Wildman–Crippen LogP) is 5.31. The number of hydrogen-bond donors (Lipinski definition) is 1. The molecule has 1 N–H and O–H groups in total. The number of halogens is 2. The Labute approximate surface area is 179 Å². The van der Waals surface area contributed by atoms with Gasteiger partial charge < -0.3 is 10.2 Å². The third kappa shape index (κ3) is 4.69. The van der Waals surface area contributed by atoms with Crippen molar-refractivity contribution >= 4 is 40.6 Å². The van der Waals surface area contributed by atoms with Crippen molar-refractivity contribution in [3.63, 3.8) is 0 Å². The SMILES string of the molecule is O=C(Nc1ccc(Cl)c(Cl)c1)C1CCN(c2ccc(-c3ccccc3)nn2)CC1. The van der Waals surface area contributed by atoms with Crippen LogP contribution in [0.2, 0.25) is 10.0 Å². The zero-order valence-corrected chi connectivity index (χ0v) is 17.2. The summed E-state index contributed by atoms with van der Waals surface area (Å²) in [4.78, 5) is 14.7. The molecule has 1 aliphatic heterocycles. The summed E-state index contributed by atoms with van der Waals surface area (Å²) < 4.78 is 0. The average molecular weight is 427 g/mol. The molecule has 1 saturated heterocycles. The number of nitrogens with zero attached hydrogens (tertiary/aromatic N) is 3. The lowest BCUT2D eigenvalue weighted by atomic mass is 9.96. The molecule has 2 aromatic carbocycles. The van der Waals surface area contributed by atoms with Crippen molar-refractivity contribution in [3.8, 4) is 11.3 Å². The van der Waals surface area contributed by atoms with Crippen molar-refractivity contribution in [1.29, 1.82) is 0 Å². The molecule has 1 aliphatic rings. The van der Waals surface area contributed by atoms with Gasteiger partial charge in [-0.25, -0.2) is 0 Å². The minimum absolute atomic E-state index is 0.00792. The highest BCUT2D eigenvalue weighted by molar-refractivity contribution is 6.42. The molecule has 0 bridgehead atoms. The van der Waals surface area contributed by atoms with E-state index in [0.29, 0.717) is 15.7 Å². The van der Waals surface area contributed by atoms with E-state index in [2.05, 4.69) is 20.4 Å². The first kappa shape index (κ1) is 19.7. The van der Waals surface area contributed by atoms with E-state index in [1.54, 1.807) is 18.2 Å². The van der Waals surface area contributed by atoms with Crippen molar-refractivity contribution in [2.45, 2.75) is 12.8 Å². The Hall–Kier alpha value is -2.63. The Morgan fingerprint density at radius 2 is 1.69 bits per heavy atom. The number of amides is 1. The molecule has 0 saturated carbocycles. The van der Waals surface area contributed by atoms with E-state index in [-0.39, 0.29) is 11.8 Å². The first-order valence-corrected chi connectivity index (χ1v) is 10.3. The summed E-state index contributed by atoms with van der Waals surface area (Å²) >= 11 is 11.9. The smallest absolute Gasteiger partial charge is 0.227 e. The number of aromatic nitrogens is 2. The molecule has 2 heterocycles.